The Morgan fingerprint density at radius 2 is 1.79 bits per heavy atom. The molecule has 0 aliphatic rings. The van der Waals surface area contributed by atoms with Crippen LogP contribution in [-0.2, 0) is 5.41 Å². The van der Waals surface area contributed by atoms with Gasteiger partial charge in [-0.1, -0.05) is 45.0 Å². The Balaban J connectivity index is 1.64. The standard InChI is InChI=1S/C23H24N4O2/c1-15-10-11-18(21-17(15)12-13-29-21)24-22(28)25-20-14-19(23(2,3)4)26-27(20)16-8-6-5-7-9-16/h5-14H,1-4H3,(H2,24,25,28). The van der Waals surface area contributed by atoms with Crippen LogP contribution in [0, 0.1) is 6.92 Å². The van der Waals surface area contributed by atoms with Crippen LogP contribution in [0.25, 0.3) is 16.7 Å². The van der Waals surface area contributed by atoms with Gasteiger partial charge < -0.3 is 9.73 Å². The van der Waals surface area contributed by atoms with Crippen LogP contribution >= 0.6 is 0 Å². The van der Waals surface area contributed by atoms with Gasteiger partial charge in [-0.15, -0.1) is 0 Å². The molecule has 0 bridgehead atoms. The maximum Gasteiger partial charge on any atom is 0.324 e. The van der Waals surface area contributed by atoms with Crippen molar-refractivity contribution in [3.8, 4) is 5.69 Å². The summed E-state index contributed by atoms with van der Waals surface area (Å²) in [5.41, 5.74) is 3.99. The SMILES string of the molecule is Cc1ccc(NC(=O)Nc2cc(C(C)(C)C)nn2-c2ccccc2)c2occc12. The molecule has 2 heterocycles. The summed E-state index contributed by atoms with van der Waals surface area (Å²) in [7, 11) is 0. The lowest BCUT2D eigenvalue weighted by molar-refractivity contribution is 0.262. The summed E-state index contributed by atoms with van der Waals surface area (Å²) < 4.78 is 7.31. The number of aromatic nitrogens is 2. The molecule has 2 aromatic carbocycles. The molecule has 0 aliphatic carbocycles. The van der Waals surface area contributed by atoms with Gasteiger partial charge in [-0.3, -0.25) is 5.32 Å². The van der Waals surface area contributed by atoms with E-state index >= 15 is 0 Å². The van der Waals surface area contributed by atoms with E-state index in [0.29, 0.717) is 17.1 Å². The summed E-state index contributed by atoms with van der Waals surface area (Å²) in [5, 5.41) is 11.5. The van der Waals surface area contributed by atoms with Gasteiger partial charge in [0.15, 0.2) is 5.58 Å². The molecular weight excluding hydrogens is 364 g/mol. The fourth-order valence-corrected chi connectivity index (χ4v) is 3.17. The zero-order valence-corrected chi connectivity index (χ0v) is 17.0. The maximum atomic E-state index is 12.8. The lowest BCUT2D eigenvalue weighted by atomic mass is 9.92. The van der Waals surface area contributed by atoms with E-state index in [-0.39, 0.29) is 11.4 Å². The number of carbonyl (C=O) groups is 1. The van der Waals surface area contributed by atoms with E-state index in [9.17, 15) is 4.79 Å². The van der Waals surface area contributed by atoms with Gasteiger partial charge in [0.2, 0.25) is 0 Å². The van der Waals surface area contributed by atoms with E-state index in [1.807, 2.05) is 61.5 Å². The average molecular weight is 388 g/mol. The maximum absolute atomic E-state index is 12.8. The third kappa shape index (κ3) is 3.74. The largest absolute Gasteiger partial charge is 0.462 e. The molecule has 0 saturated heterocycles. The van der Waals surface area contributed by atoms with Gasteiger partial charge in [0, 0.05) is 16.9 Å². The van der Waals surface area contributed by atoms with E-state index in [1.54, 1.807) is 10.9 Å². The number of anilines is 2. The molecule has 6 nitrogen and oxygen atoms in total. The van der Waals surface area contributed by atoms with Crippen LogP contribution in [0.2, 0.25) is 0 Å². The number of benzene rings is 2. The summed E-state index contributed by atoms with van der Waals surface area (Å²) in [4.78, 5) is 12.8. The molecule has 0 aliphatic heterocycles. The minimum atomic E-state index is -0.357. The van der Waals surface area contributed by atoms with Gasteiger partial charge >= 0.3 is 6.03 Å². The zero-order valence-electron chi connectivity index (χ0n) is 17.0. The molecule has 4 rings (SSSR count). The van der Waals surface area contributed by atoms with Gasteiger partial charge in [-0.05, 0) is 36.8 Å². The zero-order chi connectivity index (χ0) is 20.6. The van der Waals surface area contributed by atoms with Crippen molar-refractivity contribution in [1.82, 2.24) is 9.78 Å². The number of furan rings is 1. The second-order valence-electron chi connectivity index (χ2n) is 8.08. The van der Waals surface area contributed by atoms with Crippen LogP contribution in [0.1, 0.15) is 32.0 Å². The highest BCUT2D eigenvalue weighted by atomic mass is 16.3. The Labute approximate surface area is 169 Å². The Kier molecular flexibility index (Phi) is 4.62. The fraction of sp³-hybridized carbons (Fsp3) is 0.217. The highest BCUT2D eigenvalue weighted by Crippen LogP contribution is 2.29. The van der Waals surface area contributed by atoms with Crippen molar-refractivity contribution in [2.75, 3.05) is 10.6 Å². The predicted octanol–water partition coefficient (Wildman–Crippen LogP) is 5.87. The monoisotopic (exact) mass is 388 g/mol. The first-order valence-electron chi connectivity index (χ1n) is 9.54. The number of hydrogen-bond donors (Lipinski definition) is 2. The first-order chi connectivity index (χ1) is 13.8. The smallest absolute Gasteiger partial charge is 0.324 e. The minimum Gasteiger partial charge on any atom is -0.462 e. The molecule has 0 spiro atoms. The van der Waals surface area contributed by atoms with Crippen molar-refractivity contribution in [2.24, 2.45) is 0 Å². The topological polar surface area (TPSA) is 72.1 Å². The van der Waals surface area contributed by atoms with Gasteiger partial charge in [0.05, 0.1) is 23.3 Å². The molecule has 0 unspecified atom stereocenters. The predicted molar refractivity (Wildman–Crippen MR) is 116 cm³/mol. The number of rotatable bonds is 3. The molecule has 0 saturated carbocycles. The average Bonchev–Trinajstić information content (AvgIpc) is 3.32. The molecule has 6 heteroatoms. The van der Waals surface area contributed by atoms with E-state index in [1.165, 1.54) is 0 Å². The van der Waals surface area contributed by atoms with Crippen molar-refractivity contribution >= 4 is 28.5 Å². The number of nitrogens with zero attached hydrogens (tertiary/aromatic N) is 2. The van der Waals surface area contributed by atoms with Crippen LogP contribution in [0.4, 0.5) is 16.3 Å². The fourth-order valence-electron chi connectivity index (χ4n) is 3.17. The Morgan fingerprint density at radius 1 is 1.03 bits per heavy atom. The number of hydrogen-bond acceptors (Lipinski definition) is 3. The second kappa shape index (κ2) is 7.13. The van der Waals surface area contributed by atoms with Crippen molar-refractivity contribution in [1.29, 1.82) is 0 Å². The van der Waals surface area contributed by atoms with Crippen LogP contribution in [0.15, 0.2) is 65.3 Å². The Morgan fingerprint density at radius 3 is 2.52 bits per heavy atom. The number of urea groups is 1. The first-order valence-corrected chi connectivity index (χ1v) is 9.54. The van der Waals surface area contributed by atoms with Crippen molar-refractivity contribution < 1.29 is 9.21 Å². The molecule has 148 valence electrons. The number of nitrogens with one attached hydrogen (secondary N) is 2. The number of aryl methyl sites for hydroxylation is 1. The highest BCUT2D eigenvalue weighted by Gasteiger charge is 2.21. The van der Waals surface area contributed by atoms with Gasteiger partial charge in [0.25, 0.3) is 0 Å². The third-order valence-electron chi connectivity index (χ3n) is 4.80. The quantitative estimate of drug-likeness (QED) is 0.461. The molecule has 4 aromatic rings. The van der Waals surface area contributed by atoms with E-state index in [2.05, 4.69) is 31.4 Å². The lowest BCUT2D eigenvalue weighted by Gasteiger charge is -2.14. The van der Waals surface area contributed by atoms with Crippen LogP contribution in [-0.4, -0.2) is 15.8 Å². The molecule has 0 atom stereocenters. The summed E-state index contributed by atoms with van der Waals surface area (Å²) >= 11 is 0. The Bertz CT molecular complexity index is 1170. The summed E-state index contributed by atoms with van der Waals surface area (Å²) in [6.45, 7) is 8.28. The van der Waals surface area contributed by atoms with Gasteiger partial charge in [-0.25, -0.2) is 9.48 Å². The van der Waals surface area contributed by atoms with Gasteiger partial charge in [0.1, 0.15) is 5.82 Å². The number of fused-ring (bicyclic) bond motifs is 1. The summed E-state index contributed by atoms with van der Waals surface area (Å²) in [6.07, 6.45) is 1.63. The molecule has 0 radical (unpaired) electrons. The molecule has 2 amide bonds. The van der Waals surface area contributed by atoms with Gasteiger partial charge in [-0.2, -0.15) is 5.10 Å². The summed E-state index contributed by atoms with van der Waals surface area (Å²) in [6, 6.07) is 17.0. The van der Waals surface area contributed by atoms with E-state index < -0.39 is 0 Å². The number of carbonyl (C=O) groups excluding carboxylic acids is 1. The van der Waals surface area contributed by atoms with Crippen molar-refractivity contribution in [2.45, 2.75) is 33.1 Å². The van der Waals surface area contributed by atoms with Crippen molar-refractivity contribution in [3.05, 3.63) is 72.1 Å². The second-order valence-corrected chi connectivity index (χ2v) is 8.08. The molecule has 2 aromatic heterocycles. The summed E-state index contributed by atoms with van der Waals surface area (Å²) in [5.74, 6) is 0.599. The van der Waals surface area contributed by atoms with E-state index in [0.717, 1.165) is 22.3 Å². The van der Waals surface area contributed by atoms with Crippen molar-refractivity contribution in [3.63, 3.8) is 0 Å². The highest BCUT2D eigenvalue weighted by molar-refractivity contribution is 6.05. The van der Waals surface area contributed by atoms with Crippen LogP contribution in [0.3, 0.4) is 0 Å². The Hall–Kier alpha value is -3.54. The van der Waals surface area contributed by atoms with Crippen LogP contribution < -0.4 is 10.6 Å². The molecule has 2 N–H and O–H groups in total. The van der Waals surface area contributed by atoms with Crippen LogP contribution in [0.5, 0.6) is 0 Å². The number of para-hydroxylation sites is 1. The van der Waals surface area contributed by atoms with E-state index in [4.69, 9.17) is 9.52 Å². The minimum absolute atomic E-state index is 0.149. The number of amides is 2. The lowest BCUT2D eigenvalue weighted by Crippen LogP contribution is -2.21. The third-order valence-corrected chi connectivity index (χ3v) is 4.80. The molecule has 29 heavy (non-hydrogen) atoms. The molecular formula is C23H24N4O2. The first kappa shape index (κ1) is 18.8. The normalized spacial score (nSPS) is 11.6. The molecule has 0 fully saturated rings.